The highest BCUT2D eigenvalue weighted by molar-refractivity contribution is 5.48. The summed E-state index contributed by atoms with van der Waals surface area (Å²) in [6.07, 6.45) is 4.73. The van der Waals surface area contributed by atoms with Crippen molar-refractivity contribution in [3.63, 3.8) is 0 Å². The largest absolute Gasteiger partial charge is 0.491 e. The number of benzene rings is 3. The van der Waals surface area contributed by atoms with Gasteiger partial charge < -0.3 is 24.1 Å². The van der Waals surface area contributed by atoms with Gasteiger partial charge in [-0.15, -0.1) is 0 Å². The van der Waals surface area contributed by atoms with Crippen molar-refractivity contribution in [2.75, 3.05) is 19.8 Å². The minimum atomic E-state index is -0.847. The molecule has 3 aliphatic rings. The van der Waals surface area contributed by atoms with E-state index in [-0.39, 0.29) is 18.5 Å². The van der Waals surface area contributed by atoms with Crippen molar-refractivity contribution in [2.45, 2.75) is 56.1 Å². The van der Waals surface area contributed by atoms with Gasteiger partial charge in [-0.05, 0) is 85.7 Å². The third-order valence-corrected chi connectivity index (χ3v) is 7.43. The van der Waals surface area contributed by atoms with Crippen LogP contribution < -0.4 is 14.2 Å². The average molecular weight is 491 g/mol. The molecule has 0 radical (unpaired) electrons. The Balaban J connectivity index is 1.12. The molecule has 36 heavy (non-hydrogen) atoms. The third-order valence-electron chi connectivity index (χ3n) is 7.43. The molecule has 6 rings (SSSR count). The summed E-state index contributed by atoms with van der Waals surface area (Å²) in [6.45, 7) is 1.33. The van der Waals surface area contributed by atoms with E-state index in [1.165, 1.54) is 24.5 Å². The van der Waals surface area contributed by atoms with E-state index >= 15 is 0 Å². The van der Waals surface area contributed by atoms with Crippen LogP contribution in [0.3, 0.4) is 0 Å². The van der Waals surface area contributed by atoms with Gasteiger partial charge in [0.25, 0.3) is 0 Å². The summed E-state index contributed by atoms with van der Waals surface area (Å²) >= 11 is 0. The van der Waals surface area contributed by atoms with Crippen LogP contribution in [-0.2, 0) is 11.2 Å². The van der Waals surface area contributed by atoms with Crippen LogP contribution in [-0.4, -0.2) is 30.5 Å². The number of fused-ring (bicyclic) bond motifs is 1. The first kappa shape index (κ1) is 23.3. The molecule has 0 spiro atoms. The van der Waals surface area contributed by atoms with Crippen molar-refractivity contribution >= 4 is 0 Å². The molecule has 2 fully saturated rings. The minimum absolute atomic E-state index is 0.229. The van der Waals surface area contributed by atoms with Gasteiger partial charge in [0.2, 0.25) is 0 Å². The van der Waals surface area contributed by atoms with Crippen LogP contribution >= 0.6 is 0 Å². The van der Waals surface area contributed by atoms with Crippen LogP contribution in [0.1, 0.15) is 60.8 Å². The van der Waals surface area contributed by atoms with Crippen LogP contribution in [0.15, 0.2) is 60.7 Å². The van der Waals surface area contributed by atoms with E-state index in [4.69, 9.17) is 18.9 Å². The topological polar surface area (TPSA) is 57.2 Å². The fraction of sp³-hybridized carbons (Fsp3) is 0.400. The molecule has 1 saturated heterocycles. The van der Waals surface area contributed by atoms with Crippen LogP contribution in [0, 0.1) is 5.82 Å². The lowest BCUT2D eigenvalue weighted by Gasteiger charge is -2.31. The molecule has 0 bridgehead atoms. The second-order valence-corrected chi connectivity index (χ2v) is 10.1. The first-order valence-corrected chi connectivity index (χ1v) is 12.9. The fourth-order valence-corrected chi connectivity index (χ4v) is 5.10. The zero-order valence-electron chi connectivity index (χ0n) is 20.3. The lowest BCUT2D eigenvalue weighted by atomic mass is 9.96. The molecule has 3 aromatic rings. The molecule has 3 aromatic carbocycles. The average Bonchev–Trinajstić information content (AvgIpc) is 3.66. The Kier molecular flexibility index (Phi) is 6.32. The number of halogens is 1. The maximum atomic E-state index is 14.9. The van der Waals surface area contributed by atoms with E-state index in [9.17, 15) is 9.50 Å². The lowest BCUT2D eigenvalue weighted by Crippen LogP contribution is -2.41. The number of ether oxygens (including phenoxy) is 4. The van der Waals surface area contributed by atoms with Crippen LogP contribution in [0.25, 0.3) is 0 Å². The first-order valence-electron chi connectivity index (χ1n) is 12.9. The lowest BCUT2D eigenvalue weighted by molar-refractivity contribution is -0.0855. The van der Waals surface area contributed by atoms with Gasteiger partial charge in [0.15, 0.2) is 0 Å². The van der Waals surface area contributed by atoms with Crippen molar-refractivity contribution in [3.05, 3.63) is 83.2 Å². The monoisotopic (exact) mass is 490 g/mol. The van der Waals surface area contributed by atoms with E-state index < -0.39 is 5.60 Å². The van der Waals surface area contributed by atoms with Gasteiger partial charge in [-0.2, -0.15) is 0 Å². The molecule has 1 N–H and O–H groups in total. The summed E-state index contributed by atoms with van der Waals surface area (Å²) in [4.78, 5) is 0. The molecular weight excluding hydrogens is 459 g/mol. The van der Waals surface area contributed by atoms with Crippen molar-refractivity contribution in [1.29, 1.82) is 0 Å². The second kappa shape index (κ2) is 9.75. The summed E-state index contributed by atoms with van der Waals surface area (Å²) in [5.74, 6) is 3.15. The molecule has 188 valence electrons. The zero-order valence-corrected chi connectivity index (χ0v) is 20.3. The molecule has 1 heterocycles. The van der Waals surface area contributed by atoms with Gasteiger partial charge >= 0.3 is 0 Å². The van der Waals surface area contributed by atoms with Gasteiger partial charge in [0.05, 0.1) is 0 Å². The summed E-state index contributed by atoms with van der Waals surface area (Å²) in [5, 5.41) is 10.6. The standard InChI is InChI=1S/C30H31FO5/c31-26-12-14-27(35-24-9-7-22(8-10-24)34-19-30(32)15-17-33-18-16-30)25-11-13-28(29(25)26)36-23-5-3-21(4-6-23)20-1-2-20/h3-10,12,14,20,28,32H,1-2,11,13,15-19H2. The SMILES string of the molecule is OC1(COc2ccc(Oc3ccc(F)c4c3CCC4Oc3ccc(C4CC4)cc3)cc2)CCOCC1. The summed E-state index contributed by atoms with van der Waals surface area (Å²) in [6, 6.07) is 18.7. The van der Waals surface area contributed by atoms with Crippen molar-refractivity contribution in [3.8, 4) is 23.0 Å². The highest BCUT2D eigenvalue weighted by atomic mass is 19.1. The second-order valence-electron chi connectivity index (χ2n) is 10.1. The van der Waals surface area contributed by atoms with E-state index in [0.29, 0.717) is 67.6 Å². The molecule has 1 saturated carbocycles. The van der Waals surface area contributed by atoms with E-state index in [1.807, 2.05) is 36.4 Å². The van der Waals surface area contributed by atoms with Crippen LogP contribution in [0.5, 0.6) is 23.0 Å². The molecule has 1 aliphatic heterocycles. The van der Waals surface area contributed by atoms with E-state index in [1.54, 1.807) is 6.07 Å². The normalized spacial score (nSPS) is 20.6. The molecular formula is C30H31FO5. The smallest absolute Gasteiger partial charge is 0.131 e. The van der Waals surface area contributed by atoms with Gasteiger partial charge in [0, 0.05) is 37.2 Å². The first-order chi connectivity index (χ1) is 17.6. The Morgan fingerprint density at radius 1 is 0.861 bits per heavy atom. The van der Waals surface area contributed by atoms with Crippen molar-refractivity contribution in [1.82, 2.24) is 0 Å². The van der Waals surface area contributed by atoms with Gasteiger partial charge in [-0.3, -0.25) is 0 Å². The van der Waals surface area contributed by atoms with Gasteiger partial charge in [-0.1, -0.05) is 12.1 Å². The Morgan fingerprint density at radius 3 is 2.28 bits per heavy atom. The number of hydrogen-bond acceptors (Lipinski definition) is 5. The molecule has 0 amide bonds. The Hall–Kier alpha value is -3.09. The number of hydrogen-bond donors (Lipinski definition) is 1. The maximum Gasteiger partial charge on any atom is 0.131 e. The van der Waals surface area contributed by atoms with Crippen LogP contribution in [0.4, 0.5) is 4.39 Å². The van der Waals surface area contributed by atoms with Gasteiger partial charge in [-0.25, -0.2) is 4.39 Å². The molecule has 0 aromatic heterocycles. The summed E-state index contributed by atoms with van der Waals surface area (Å²) in [5.41, 5.74) is 1.95. The zero-order chi connectivity index (χ0) is 24.5. The van der Waals surface area contributed by atoms with E-state index in [0.717, 1.165) is 11.3 Å². The molecule has 2 aliphatic carbocycles. The van der Waals surface area contributed by atoms with E-state index in [2.05, 4.69) is 12.1 Å². The third kappa shape index (κ3) is 5.06. The molecule has 1 atom stereocenters. The summed E-state index contributed by atoms with van der Waals surface area (Å²) < 4.78 is 38.4. The Labute approximate surface area is 210 Å². The number of aliphatic hydroxyl groups is 1. The van der Waals surface area contributed by atoms with Crippen LogP contribution in [0.2, 0.25) is 0 Å². The highest BCUT2D eigenvalue weighted by Gasteiger charge is 2.32. The molecule has 1 unspecified atom stereocenters. The Morgan fingerprint density at radius 2 is 1.56 bits per heavy atom. The summed E-state index contributed by atoms with van der Waals surface area (Å²) in [7, 11) is 0. The minimum Gasteiger partial charge on any atom is -0.491 e. The fourth-order valence-electron chi connectivity index (χ4n) is 5.10. The molecule has 6 heteroatoms. The maximum absolute atomic E-state index is 14.9. The predicted molar refractivity (Wildman–Crippen MR) is 134 cm³/mol. The van der Waals surface area contributed by atoms with Crippen molar-refractivity contribution < 1.29 is 28.4 Å². The number of rotatable bonds is 8. The van der Waals surface area contributed by atoms with Crippen molar-refractivity contribution in [2.24, 2.45) is 0 Å². The quantitative estimate of drug-likeness (QED) is 0.392. The Bertz CT molecular complexity index is 1200. The highest BCUT2D eigenvalue weighted by Crippen LogP contribution is 2.44. The predicted octanol–water partition coefficient (Wildman–Crippen LogP) is 6.48. The molecule has 5 nitrogen and oxygen atoms in total. The van der Waals surface area contributed by atoms with Gasteiger partial charge in [0.1, 0.15) is 47.1 Å².